The van der Waals surface area contributed by atoms with Crippen LogP contribution in [0.3, 0.4) is 0 Å². The van der Waals surface area contributed by atoms with Crippen molar-refractivity contribution in [2.24, 2.45) is 10.9 Å². The van der Waals surface area contributed by atoms with Crippen molar-refractivity contribution < 1.29 is 28.2 Å². The number of nitrogens with one attached hydrogen (secondary N) is 1. The maximum absolute atomic E-state index is 13.9. The molecule has 2 aromatic rings. The van der Waals surface area contributed by atoms with Crippen LogP contribution in [0.4, 0.5) is 4.39 Å². The lowest BCUT2D eigenvalue weighted by Gasteiger charge is -2.35. The Morgan fingerprint density at radius 2 is 2.08 bits per heavy atom. The molecule has 37 heavy (non-hydrogen) atoms. The van der Waals surface area contributed by atoms with E-state index in [0.29, 0.717) is 34.9 Å². The number of amidine groups is 1. The molecule has 1 fully saturated rings. The molecule has 0 saturated carbocycles. The number of carbonyl (C=O) groups is 2. The molecule has 4 rings (SSSR count). The molecule has 8 nitrogen and oxygen atoms in total. The normalized spacial score (nSPS) is 22.2. The highest BCUT2D eigenvalue weighted by Gasteiger charge is 2.39. The predicted molar refractivity (Wildman–Crippen MR) is 138 cm³/mol. The summed E-state index contributed by atoms with van der Waals surface area (Å²) in [5.74, 6) is -1.29. The number of aliphatic imine (C=N–C) groups is 1. The number of aromatic nitrogens is 1. The minimum atomic E-state index is -0.856. The standard InChI is InChI=1S/C26H29ClFN3O5S/c1-5-34-25(33)19-20(14-6-9-18(35-13-14)24(32)36-26(2,3)4)30-22(23-29-10-11-37-23)31-21(19)16-8-7-15(28)12-17(16)27/h7-8,10-12,14,18,21H,5-6,9,13H2,1-4H3,(H,30,31). The Hall–Kier alpha value is -2.82. The van der Waals surface area contributed by atoms with E-state index in [2.05, 4.69) is 10.3 Å². The first kappa shape index (κ1) is 27.2. The van der Waals surface area contributed by atoms with Gasteiger partial charge in [-0.15, -0.1) is 11.3 Å². The second-order valence-electron chi connectivity index (χ2n) is 9.69. The van der Waals surface area contributed by atoms with Gasteiger partial charge in [0.15, 0.2) is 16.9 Å². The van der Waals surface area contributed by atoms with E-state index in [1.165, 1.54) is 29.5 Å². The second kappa shape index (κ2) is 11.3. The van der Waals surface area contributed by atoms with Gasteiger partial charge in [0.2, 0.25) is 0 Å². The highest BCUT2D eigenvalue weighted by molar-refractivity contribution is 7.11. The van der Waals surface area contributed by atoms with Crippen molar-refractivity contribution >= 4 is 40.7 Å². The maximum atomic E-state index is 13.9. The summed E-state index contributed by atoms with van der Waals surface area (Å²) >= 11 is 7.81. The van der Waals surface area contributed by atoms with E-state index >= 15 is 0 Å². The Labute approximate surface area is 223 Å². The number of esters is 2. The number of rotatable bonds is 6. The van der Waals surface area contributed by atoms with Crippen LogP contribution in [0, 0.1) is 11.7 Å². The lowest BCUT2D eigenvalue weighted by Crippen LogP contribution is -2.42. The van der Waals surface area contributed by atoms with Crippen LogP contribution in [-0.4, -0.2) is 47.7 Å². The SMILES string of the molecule is CCOC(=O)C1=C(C2CCC(C(=O)OC(C)(C)C)OC2)NC(c2nccs2)=NC1c1ccc(F)cc1Cl. The lowest BCUT2D eigenvalue weighted by molar-refractivity contribution is -0.172. The van der Waals surface area contributed by atoms with Crippen molar-refractivity contribution in [3.8, 4) is 0 Å². The van der Waals surface area contributed by atoms with Crippen molar-refractivity contribution in [3.63, 3.8) is 0 Å². The van der Waals surface area contributed by atoms with Crippen molar-refractivity contribution in [3.05, 3.63) is 62.5 Å². The Balaban J connectivity index is 1.72. The molecule has 0 amide bonds. The van der Waals surface area contributed by atoms with E-state index < -0.39 is 35.5 Å². The van der Waals surface area contributed by atoms with Gasteiger partial charge in [-0.1, -0.05) is 17.7 Å². The van der Waals surface area contributed by atoms with Gasteiger partial charge >= 0.3 is 11.9 Å². The van der Waals surface area contributed by atoms with Gasteiger partial charge in [-0.3, -0.25) is 4.99 Å². The number of carbonyl (C=O) groups excluding carboxylic acids is 2. The number of hydrogen-bond donors (Lipinski definition) is 1. The zero-order chi connectivity index (χ0) is 26.7. The van der Waals surface area contributed by atoms with Crippen LogP contribution in [0.15, 0.2) is 46.0 Å². The van der Waals surface area contributed by atoms with Gasteiger partial charge in [0, 0.05) is 33.8 Å². The third-order valence-electron chi connectivity index (χ3n) is 5.82. The van der Waals surface area contributed by atoms with Gasteiger partial charge < -0.3 is 19.5 Å². The molecule has 1 aromatic carbocycles. The van der Waals surface area contributed by atoms with Gasteiger partial charge in [-0.2, -0.15) is 0 Å². The highest BCUT2D eigenvalue weighted by atomic mass is 35.5. The lowest BCUT2D eigenvalue weighted by atomic mass is 9.87. The van der Waals surface area contributed by atoms with E-state index in [9.17, 15) is 14.0 Å². The zero-order valence-electron chi connectivity index (χ0n) is 21.0. The molecule has 0 aliphatic carbocycles. The van der Waals surface area contributed by atoms with Crippen LogP contribution in [0.2, 0.25) is 5.02 Å². The minimum Gasteiger partial charge on any atom is -0.463 e. The monoisotopic (exact) mass is 549 g/mol. The molecule has 1 aromatic heterocycles. The Morgan fingerprint density at radius 1 is 1.30 bits per heavy atom. The summed E-state index contributed by atoms with van der Waals surface area (Å²) in [5, 5.41) is 5.87. The zero-order valence-corrected chi connectivity index (χ0v) is 22.6. The van der Waals surface area contributed by atoms with Crippen LogP contribution < -0.4 is 5.32 Å². The maximum Gasteiger partial charge on any atom is 0.338 e. The third-order valence-corrected chi connectivity index (χ3v) is 6.92. The fraction of sp³-hybridized carbons (Fsp3) is 0.462. The van der Waals surface area contributed by atoms with Crippen LogP contribution >= 0.6 is 22.9 Å². The molecule has 3 unspecified atom stereocenters. The van der Waals surface area contributed by atoms with Crippen LogP contribution in [-0.2, 0) is 23.8 Å². The molecule has 11 heteroatoms. The van der Waals surface area contributed by atoms with Crippen LogP contribution in [0.25, 0.3) is 0 Å². The summed E-state index contributed by atoms with van der Waals surface area (Å²) in [6.45, 7) is 7.46. The largest absolute Gasteiger partial charge is 0.463 e. The first-order valence-electron chi connectivity index (χ1n) is 12.0. The molecular formula is C26H29ClFN3O5S. The Kier molecular flexibility index (Phi) is 8.30. The molecule has 2 aliphatic rings. The predicted octanol–water partition coefficient (Wildman–Crippen LogP) is 4.98. The van der Waals surface area contributed by atoms with Crippen molar-refractivity contribution in [2.45, 2.75) is 58.3 Å². The van der Waals surface area contributed by atoms with E-state index in [-0.39, 0.29) is 29.7 Å². The number of ether oxygens (including phenoxy) is 3. The topological polar surface area (TPSA) is 99.1 Å². The molecule has 0 radical (unpaired) electrons. The fourth-order valence-electron chi connectivity index (χ4n) is 4.25. The van der Waals surface area contributed by atoms with E-state index in [0.717, 1.165) is 0 Å². The fourth-order valence-corrected chi connectivity index (χ4v) is 5.11. The summed E-state index contributed by atoms with van der Waals surface area (Å²) in [4.78, 5) is 35.0. The summed E-state index contributed by atoms with van der Waals surface area (Å²) in [5.41, 5.74) is 0.664. The number of thiazole rings is 1. The molecule has 3 heterocycles. The molecule has 0 spiro atoms. The first-order chi connectivity index (χ1) is 17.6. The minimum absolute atomic E-state index is 0.139. The molecule has 1 saturated heterocycles. The summed E-state index contributed by atoms with van der Waals surface area (Å²) in [6.07, 6.45) is 1.92. The average molecular weight is 550 g/mol. The smallest absolute Gasteiger partial charge is 0.338 e. The molecule has 1 N–H and O–H groups in total. The van der Waals surface area contributed by atoms with Gasteiger partial charge in [-0.05, 0) is 52.7 Å². The number of halogens is 2. The highest BCUT2D eigenvalue weighted by Crippen LogP contribution is 2.40. The molecule has 2 aliphatic heterocycles. The van der Waals surface area contributed by atoms with Crippen molar-refractivity contribution in [1.29, 1.82) is 0 Å². The van der Waals surface area contributed by atoms with Crippen molar-refractivity contribution in [2.75, 3.05) is 13.2 Å². The average Bonchev–Trinajstić information content (AvgIpc) is 3.38. The van der Waals surface area contributed by atoms with E-state index in [1.807, 2.05) is 5.38 Å². The molecular weight excluding hydrogens is 521 g/mol. The van der Waals surface area contributed by atoms with Crippen LogP contribution in [0.5, 0.6) is 0 Å². The van der Waals surface area contributed by atoms with E-state index in [1.54, 1.807) is 33.9 Å². The summed E-state index contributed by atoms with van der Waals surface area (Å²) < 4.78 is 30.7. The van der Waals surface area contributed by atoms with Gasteiger partial charge in [0.05, 0.1) is 18.8 Å². The van der Waals surface area contributed by atoms with Gasteiger partial charge in [0.1, 0.15) is 17.5 Å². The third kappa shape index (κ3) is 6.37. The Bertz CT molecular complexity index is 1220. The number of nitrogens with zero attached hydrogens (tertiary/aromatic N) is 2. The van der Waals surface area contributed by atoms with Gasteiger partial charge in [0.25, 0.3) is 0 Å². The second-order valence-corrected chi connectivity index (χ2v) is 11.0. The van der Waals surface area contributed by atoms with E-state index in [4.69, 9.17) is 30.8 Å². The number of hydrogen-bond acceptors (Lipinski definition) is 9. The molecule has 198 valence electrons. The molecule has 3 atom stereocenters. The quantitative estimate of drug-likeness (QED) is 0.507. The van der Waals surface area contributed by atoms with Gasteiger partial charge in [-0.25, -0.2) is 19.0 Å². The Morgan fingerprint density at radius 3 is 2.68 bits per heavy atom. The molecule has 0 bridgehead atoms. The van der Waals surface area contributed by atoms with Crippen LogP contribution in [0.1, 0.15) is 57.1 Å². The summed E-state index contributed by atoms with van der Waals surface area (Å²) in [6, 6.07) is 3.13. The summed E-state index contributed by atoms with van der Waals surface area (Å²) in [7, 11) is 0. The first-order valence-corrected chi connectivity index (χ1v) is 13.3. The number of benzene rings is 1. The van der Waals surface area contributed by atoms with Crippen molar-refractivity contribution in [1.82, 2.24) is 10.3 Å².